The van der Waals surface area contributed by atoms with Gasteiger partial charge in [0.15, 0.2) is 0 Å². The van der Waals surface area contributed by atoms with Crippen LogP contribution in [0, 0.1) is 0 Å². The van der Waals surface area contributed by atoms with Crippen molar-refractivity contribution in [3.05, 3.63) is 0 Å². The topological polar surface area (TPSA) is 130 Å². The Kier molecular flexibility index (Phi) is 13.1. The van der Waals surface area contributed by atoms with Gasteiger partial charge in [-0.1, -0.05) is 0 Å². The second kappa shape index (κ2) is 7.34. The Labute approximate surface area is 117 Å². The van der Waals surface area contributed by atoms with Crippen LogP contribution < -0.4 is 65.9 Å². The Bertz CT molecular complexity index is 155. The summed E-state index contributed by atoms with van der Waals surface area (Å²) in [5, 5.41) is 0. The Morgan fingerprint density at radius 2 is 1.18 bits per heavy atom. The average molecular weight is 404 g/mol. The monoisotopic (exact) mass is 402 g/mol. The molecule has 11 heteroatoms. The predicted molar refractivity (Wildman–Crippen MR) is 18.4 cm³/mol. The maximum atomic E-state index is 9.59. The van der Waals surface area contributed by atoms with E-state index in [9.17, 15) is 12.8 Å². The van der Waals surface area contributed by atoms with E-state index in [1.807, 2.05) is 0 Å². The molecule has 2 N–H and O–H groups in total. The summed E-state index contributed by atoms with van der Waals surface area (Å²) in [6, 6.07) is 0. The van der Waals surface area contributed by atoms with Gasteiger partial charge in [-0.15, -0.1) is 0 Å². The van der Waals surface area contributed by atoms with Gasteiger partial charge in [-0.25, -0.2) is 0 Å². The molecule has 0 aliphatic rings. The molecular formula is H2Na2O7Sb2. The van der Waals surface area contributed by atoms with Crippen molar-refractivity contribution in [2.45, 2.75) is 0 Å². The molecule has 0 aliphatic heterocycles. The van der Waals surface area contributed by atoms with Crippen LogP contribution in [0.25, 0.3) is 0 Å². The van der Waals surface area contributed by atoms with Crippen LogP contribution >= 0.6 is 0 Å². The molecule has 0 aromatic carbocycles. The van der Waals surface area contributed by atoms with Gasteiger partial charge in [0, 0.05) is 0 Å². The van der Waals surface area contributed by atoms with Gasteiger partial charge in [-0.05, 0) is 0 Å². The van der Waals surface area contributed by atoms with Crippen LogP contribution in [0.1, 0.15) is 0 Å². The molecule has 0 saturated carbocycles. The fourth-order valence-electron chi connectivity index (χ4n) is 0.130. The van der Waals surface area contributed by atoms with Gasteiger partial charge in [0.05, 0.1) is 0 Å². The molecule has 0 aliphatic carbocycles. The average Bonchev–Trinajstić information content (AvgIpc) is 1.14. The fraction of sp³-hybridized carbons (Fsp3) is 0. The predicted octanol–water partition coefficient (Wildman–Crippen LogP) is -10.6. The van der Waals surface area contributed by atoms with E-state index >= 15 is 0 Å². The Hall–Kier alpha value is 3.04. The van der Waals surface area contributed by atoms with Crippen molar-refractivity contribution in [2.75, 3.05) is 0 Å². The zero-order valence-electron chi connectivity index (χ0n) is 5.83. The van der Waals surface area contributed by atoms with Gasteiger partial charge in [-0.2, -0.15) is 0 Å². The third-order valence-corrected chi connectivity index (χ3v) is 9.29. The normalized spacial score (nSPS) is 20.0. The van der Waals surface area contributed by atoms with Crippen molar-refractivity contribution in [1.29, 1.82) is 0 Å². The van der Waals surface area contributed by atoms with Gasteiger partial charge in [0.2, 0.25) is 0 Å². The van der Waals surface area contributed by atoms with Crippen LogP contribution in [0.5, 0.6) is 0 Å². The zero-order chi connectivity index (χ0) is 7.71. The van der Waals surface area contributed by atoms with E-state index in [0.717, 1.165) is 0 Å². The van der Waals surface area contributed by atoms with Crippen LogP contribution in [0.15, 0.2) is 0 Å². The third kappa shape index (κ3) is 19.4. The molecule has 0 spiro atoms. The van der Waals surface area contributed by atoms with Crippen LogP contribution in [-0.4, -0.2) is 46.9 Å². The van der Waals surface area contributed by atoms with E-state index in [4.69, 9.17) is 6.77 Å². The molecule has 0 radical (unpaired) electrons. The minimum absolute atomic E-state index is 0. The first-order valence-corrected chi connectivity index (χ1v) is 10.0. The molecule has 0 aromatic heterocycles. The van der Waals surface area contributed by atoms with Crippen molar-refractivity contribution < 1.29 is 80.0 Å². The molecule has 0 heterocycles. The molecule has 0 bridgehead atoms. The molecule has 0 unspecified atom stereocenters. The first-order chi connectivity index (χ1) is 3.71. The Balaban J connectivity index is -0.000000320. The summed E-state index contributed by atoms with van der Waals surface area (Å²) < 4.78 is 56.7. The molecule has 0 amide bonds. The Morgan fingerprint density at radius 3 is 1.18 bits per heavy atom. The van der Waals surface area contributed by atoms with Crippen LogP contribution in [-0.2, 0) is 7.33 Å². The number of rotatable bonds is 2. The molecule has 0 saturated heterocycles. The molecule has 0 rings (SSSR count). The van der Waals surface area contributed by atoms with Gasteiger partial charge in [0.1, 0.15) is 0 Å². The molecule has 11 heavy (non-hydrogen) atoms. The number of hydrogen-bond donors (Lipinski definition) is 2. The summed E-state index contributed by atoms with van der Waals surface area (Å²) in [5.74, 6) is 0. The summed E-state index contributed by atoms with van der Waals surface area (Å²) in [7, 11) is 0. The maximum absolute atomic E-state index is 9.59. The van der Waals surface area contributed by atoms with Crippen molar-refractivity contribution in [3.63, 3.8) is 0 Å². The van der Waals surface area contributed by atoms with Crippen LogP contribution in [0.4, 0.5) is 0 Å². The van der Waals surface area contributed by atoms with Crippen molar-refractivity contribution in [1.82, 2.24) is 0 Å². The quantitative estimate of drug-likeness (QED) is 0.438. The summed E-state index contributed by atoms with van der Waals surface area (Å²) in [6.45, 7) is 0. The second-order valence-corrected chi connectivity index (χ2v) is 9.96. The minimum atomic E-state index is -6.14. The summed E-state index contributed by atoms with van der Waals surface area (Å²) >= 11 is -12.3. The van der Waals surface area contributed by atoms with Gasteiger partial charge in [0.25, 0.3) is 0 Å². The SMILES string of the molecule is [Na+].[Na+].[O]=[Sb]([O-])([OH])[O][Sb](=[O])([O-])[OH]. The standard InChI is InChI=1S/2Na.2H2O.5O.2Sb/h;;2*1H2;;;;;;;/q2*+1;;;;;;2*-1;2*+1/p-2. The zero-order valence-corrected chi connectivity index (χ0v) is 14.9. The van der Waals surface area contributed by atoms with Crippen molar-refractivity contribution in [3.8, 4) is 0 Å². The van der Waals surface area contributed by atoms with Crippen LogP contribution in [0.3, 0.4) is 0 Å². The van der Waals surface area contributed by atoms with Gasteiger partial charge < -0.3 is 0 Å². The molecule has 0 fully saturated rings. The molecule has 0 atom stereocenters. The first kappa shape index (κ1) is 19.6. The second-order valence-electron chi connectivity index (χ2n) is 1.02. The molecular weight excluding hydrogens is 401 g/mol. The van der Waals surface area contributed by atoms with Crippen LogP contribution in [0.2, 0.25) is 0 Å². The van der Waals surface area contributed by atoms with Gasteiger partial charge >= 0.3 is 120 Å². The van der Waals surface area contributed by atoms with Crippen molar-refractivity contribution in [2.24, 2.45) is 0 Å². The molecule has 0 aromatic rings. The van der Waals surface area contributed by atoms with E-state index in [1.54, 1.807) is 0 Å². The van der Waals surface area contributed by atoms with E-state index in [-0.39, 0.29) is 59.1 Å². The summed E-state index contributed by atoms with van der Waals surface area (Å²) in [4.78, 5) is 0. The molecule has 7 nitrogen and oxygen atoms in total. The number of hydrogen-bond acceptors (Lipinski definition) is 5. The Morgan fingerprint density at radius 1 is 1.00 bits per heavy atom. The third-order valence-electron chi connectivity index (χ3n) is 0.206. The van der Waals surface area contributed by atoms with Gasteiger partial charge in [-0.3, -0.25) is 0 Å². The van der Waals surface area contributed by atoms with E-state index in [0.29, 0.717) is 0 Å². The first-order valence-electron chi connectivity index (χ1n) is 1.50. The van der Waals surface area contributed by atoms with E-state index in [2.05, 4.69) is 1.29 Å². The fourth-order valence-corrected chi connectivity index (χ4v) is 5.87. The molecule has 56 valence electrons. The summed E-state index contributed by atoms with van der Waals surface area (Å²) in [6.07, 6.45) is 0. The van der Waals surface area contributed by atoms with Crippen molar-refractivity contribution >= 4 is 40.1 Å². The van der Waals surface area contributed by atoms with E-state index < -0.39 is 40.1 Å². The summed E-state index contributed by atoms with van der Waals surface area (Å²) in [5.41, 5.74) is 0. The van der Waals surface area contributed by atoms with E-state index in [1.165, 1.54) is 0 Å².